The Balaban J connectivity index is 1.50. The highest BCUT2D eigenvalue weighted by Crippen LogP contribution is 2.22. The van der Waals surface area contributed by atoms with Crippen molar-refractivity contribution >= 4 is 34.4 Å². The first-order valence-corrected chi connectivity index (χ1v) is 10.5. The van der Waals surface area contributed by atoms with Crippen molar-refractivity contribution in [2.45, 2.75) is 27.7 Å². The third-order valence-electron chi connectivity index (χ3n) is 5.45. The normalized spacial score (nSPS) is 10.6. The van der Waals surface area contributed by atoms with Crippen LogP contribution in [0.3, 0.4) is 0 Å². The zero-order valence-electron chi connectivity index (χ0n) is 18.7. The lowest BCUT2D eigenvalue weighted by Crippen LogP contribution is -2.43. The van der Waals surface area contributed by atoms with Crippen molar-refractivity contribution in [2.75, 3.05) is 24.6 Å². The minimum atomic E-state index is -0.638. The van der Waals surface area contributed by atoms with Crippen LogP contribution in [0.15, 0.2) is 42.5 Å². The summed E-state index contributed by atoms with van der Waals surface area (Å²) in [4.78, 5) is 41.9. The molecule has 1 aromatic heterocycles. The van der Waals surface area contributed by atoms with Gasteiger partial charge in [0.2, 0.25) is 0 Å². The van der Waals surface area contributed by atoms with Crippen molar-refractivity contribution in [3.63, 3.8) is 0 Å². The number of hydrazine groups is 1. The largest absolute Gasteiger partial charge is 0.452 e. The molecule has 2 aromatic carbocycles. The van der Waals surface area contributed by atoms with Crippen molar-refractivity contribution in [2.24, 2.45) is 0 Å². The number of aryl methyl sites for hydroxylation is 2. The number of anilines is 1. The number of amides is 2. The highest BCUT2D eigenvalue weighted by Gasteiger charge is 2.14. The summed E-state index contributed by atoms with van der Waals surface area (Å²) in [6, 6.07) is 12.3. The standard InChI is InChI=1S/C24H28N4O4/c1-5-28(6-2)19-10-7-17(8-11-19)23(30)27-26-22(29)14-32-24(31)18-9-12-21-20(13-18)15(3)16(4)25-21/h7-13,25H,5-6,14H2,1-4H3,(H,26,29)(H,27,30). The molecule has 3 rings (SSSR count). The number of H-pyrrole nitrogens is 1. The third-order valence-corrected chi connectivity index (χ3v) is 5.45. The Morgan fingerprint density at radius 3 is 2.25 bits per heavy atom. The first kappa shape index (κ1) is 22.9. The van der Waals surface area contributed by atoms with Gasteiger partial charge in [-0.1, -0.05) is 0 Å². The van der Waals surface area contributed by atoms with E-state index < -0.39 is 24.4 Å². The quantitative estimate of drug-likeness (QED) is 0.390. The van der Waals surface area contributed by atoms with Crippen LogP contribution in [0, 0.1) is 13.8 Å². The molecule has 8 nitrogen and oxygen atoms in total. The number of carbonyl (C=O) groups excluding carboxylic acids is 3. The van der Waals surface area contributed by atoms with E-state index in [1.807, 2.05) is 26.0 Å². The van der Waals surface area contributed by atoms with Crippen LogP contribution >= 0.6 is 0 Å². The summed E-state index contributed by atoms with van der Waals surface area (Å²) in [5.41, 5.74) is 9.38. The molecule has 0 atom stereocenters. The van der Waals surface area contributed by atoms with Crippen LogP contribution in [0.5, 0.6) is 0 Å². The lowest BCUT2D eigenvalue weighted by molar-refractivity contribution is -0.125. The van der Waals surface area contributed by atoms with E-state index in [9.17, 15) is 14.4 Å². The number of ether oxygens (including phenoxy) is 1. The summed E-state index contributed by atoms with van der Waals surface area (Å²) < 4.78 is 5.07. The number of carbonyl (C=O) groups is 3. The Hall–Kier alpha value is -3.81. The van der Waals surface area contributed by atoms with Crippen LogP contribution in [0.4, 0.5) is 5.69 Å². The van der Waals surface area contributed by atoms with Gasteiger partial charge in [-0.25, -0.2) is 4.79 Å². The van der Waals surface area contributed by atoms with E-state index in [1.54, 1.807) is 30.3 Å². The van der Waals surface area contributed by atoms with Gasteiger partial charge in [-0.2, -0.15) is 0 Å². The van der Waals surface area contributed by atoms with Gasteiger partial charge in [0, 0.05) is 40.9 Å². The molecule has 0 aliphatic heterocycles. The molecular weight excluding hydrogens is 408 g/mol. The average Bonchev–Trinajstić information content (AvgIpc) is 3.10. The van der Waals surface area contributed by atoms with Gasteiger partial charge in [0.15, 0.2) is 6.61 Å². The number of hydrogen-bond donors (Lipinski definition) is 3. The molecule has 0 saturated carbocycles. The predicted molar refractivity (Wildman–Crippen MR) is 124 cm³/mol. The Morgan fingerprint density at radius 2 is 1.59 bits per heavy atom. The second kappa shape index (κ2) is 10.00. The first-order valence-electron chi connectivity index (χ1n) is 10.5. The van der Waals surface area contributed by atoms with Gasteiger partial charge in [0.05, 0.1) is 5.56 Å². The van der Waals surface area contributed by atoms with Gasteiger partial charge in [0.1, 0.15) is 0 Å². The molecule has 0 aliphatic rings. The topological polar surface area (TPSA) is 104 Å². The van der Waals surface area contributed by atoms with Crippen LogP contribution in [-0.4, -0.2) is 42.5 Å². The Labute approximate surface area is 186 Å². The summed E-state index contributed by atoms with van der Waals surface area (Å²) in [7, 11) is 0. The molecule has 32 heavy (non-hydrogen) atoms. The predicted octanol–water partition coefficient (Wildman–Crippen LogP) is 3.25. The summed E-state index contributed by atoms with van der Waals surface area (Å²) in [6.07, 6.45) is 0. The van der Waals surface area contributed by atoms with E-state index in [0.29, 0.717) is 11.1 Å². The lowest BCUT2D eigenvalue weighted by Gasteiger charge is -2.21. The van der Waals surface area contributed by atoms with Gasteiger partial charge >= 0.3 is 5.97 Å². The minimum absolute atomic E-state index is 0.352. The Morgan fingerprint density at radius 1 is 0.938 bits per heavy atom. The maximum Gasteiger partial charge on any atom is 0.338 e. The SMILES string of the molecule is CCN(CC)c1ccc(C(=O)NNC(=O)COC(=O)c2ccc3[nH]c(C)c(C)c3c2)cc1. The van der Waals surface area contributed by atoms with Crippen LogP contribution in [0.2, 0.25) is 0 Å². The summed E-state index contributed by atoms with van der Waals surface area (Å²) in [5, 5.41) is 0.931. The van der Waals surface area contributed by atoms with Gasteiger partial charge in [0.25, 0.3) is 11.8 Å². The Kier molecular flexibility index (Phi) is 7.14. The van der Waals surface area contributed by atoms with Crippen LogP contribution < -0.4 is 15.8 Å². The lowest BCUT2D eigenvalue weighted by atomic mass is 10.1. The molecule has 0 spiro atoms. The van der Waals surface area contributed by atoms with Gasteiger partial charge in [-0.3, -0.25) is 20.4 Å². The van der Waals surface area contributed by atoms with E-state index in [-0.39, 0.29) is 0 Å². The molecule has 0 bridgehead atoms. The number of nitrogens with zero attached hydrogens (tertiary/aromatic N) is 1. The summed E-state index contributed by atoms with van der Waals surface area (Å²) >= 11 is 0. The highest BCUT2D eigenvalue weighted by molar-refractivity contribution is 5.98. The molecule has 3 aromatic rings. The molecule has 2 amide bonds. The first-order chi connectivity index (χ1) is 15.3. The minimum Gasteiger partial charge on any atom is -0.452 e. The number of aromatic amines is 1. The summed E-state index contributed by atoms with van der Waals surface area (Å²) in [6.45, 7) is 9.29. The fourth-order valence-corrected chi connectivity index (χ4v) is 3.45. The number of benzene rings is 2. The number of aromatic nitrogens is 1. The fraction of sp³-hybridized carbons (Fsp3) is 0.292. The molecule has 168 valence electrons. The van der Waals surface area contributed by atoms with Crippen molar-refractivity contribution in [1.82, 2.24) is 15.8 Å². The van der Waals surface area contributed by atoms with Crippen molar-refractivity contribution < 1.29 is 19.1 Å². The van der Waals surface area contributed by atoms with E-state index >= 15 is 0 Å². The molecule has 0 radical (unpaired) electrons. The second-order valence-corrected chi connectivity index (χ2v) is 7.43. The molecule has 0 aliphatic carbocycles. The van der Waals surface area contributed by atoms with E-state index in [2.05, 4.69) is 34.6 Å². The van der Waals surface area contributed by atoms with Crippen molar-refractivity contribution in [3.05, 3.63) is 64.8 Å². The molecule has 0 unspecified atom stereocenters. The molecule has 8 heteroatoms. The smallest absolute Gasteiger partial charge is 0.338 e. The number of hydrogen-bond acceptors (Lipinski definition) is 5. The molecule has 1 heterocycles. The van der Waals surface area contributed by atoms with Gasteiger partial charge in [-0.05, 0) is 75.7 Å². The maximum atomic E-state index is 12.3. The zero-order chi connectivity index (χ0) is 23.3. The van der Waals surface area contributed by atoms with Crippen molar-refractivity contribution in [3.8, 4) is 0 Å². The third kappa shape index (κ3) is 5.08. The average molecular weight is 437 g/mol. The maximum absolute atomic E-state index is 12.3. The van der Waals surface area contributed by atoms with E-state index in [4.69, 9.17) is 4.74 Å². The zero-order valence-corrected chi connectivity index (χ0v) is 18.7. The molecule has 0 saturated heterocycles. The fourth-order valence-electron chi connectivity index (χ4n) is 3.45. The number of fused-ring (bicyclic) bond motifs is 1. The van der Waals surface area contributed by atoms with Crippen molar-refractivity contribution in [1.29, 1.82) is 0 Å². The van der Waals surface area contributed by atoms with Crippen LogP contribution in [-0.2, 0) is 9.53 Å². The second-order valence-electron chi connectivity index (χ2n) is 7.43. The molecule has 0 fully saturated rings. The van der Waals surface area contributed by atoms with Crippen LogP contribution in [0.1, 0.15) is 45.8 Å². The number of nitrogens with one attached hydrogen (secondary N) is 3. The number of esters is 1. The molecule has 3 N–H and O–H groups in total. The summed E-state index contributed by atoms with van der Waals surface area (Å²) in [5.74, 6) is -1.71. The number of rotatable bonds is 7. The Bertz CT molecular complexity index is 1130. The van der Waals surface area contributed by atoms with Crippen LogP contribution in [0.25, 0.3) is 10.9 Å². The van der Waals surface area contributed by atoms with E-state index in [1.165, 1.54) is 0 Å². The molecular formula is C24H28N4O4. The highest BCUT2D eigenvalue weighted by atomic mass is 16.5. The van der Waals surface area contributed by atoms with E-state index in [0.717, 1.165) is 40.9 Å². The monoisotopic (exact) mass is 436 g/mol. The van der Waals surface area contributed by atoms with Gasteiger partial charge in [-0.15, -0.1) is 0 Å². The van der Waals surface area contributed by atoms with Gasteiger partial charge < -0.3 is 14.6 Å².